The monoisotopic (exact) mass is 497 g/mol. The minimum absolute atomic E-state index is 0.0231. The van der Waals surface area contributed by atoms with Crippen molar-refractivity contribution in [1.82, 2.24) is 10.2 Å². The number of nitrogens with one attached hydrogen (secondary N) is 1. The van der Waals surface area contributed by atoms with Gasteiger partial charge in [-0.2, -0.15) is 0 Å². The first kappa shape index (κ1) is 24.5. The third kappa shape index (κ3) is 5.29. The quantitative estimate of drug-likeness (QED) is 0.357. The number of carbonyl (C=O) groups excluding carboxylic acids is 1. The fraction of sp³-hybridized carbons (Fsp3) is 0.500. The molecule has 0 aromatic heterocycles. The van der Waals surface area contributed by atoms with E-state index in [1.54, 1.807) is 18.2 Å². The number of ether oxygens (including phenoxy) is 1. The highest BCUT2D eigenvalue weighted by molar-refractivity contribution is 5.82. The van der Waals surface area contributed by atoms with Crippen molar-refractivity contribution in [2.75, 3.05) is 68.8 Å². The highest BCUT2D eigenvalue weighted by Crippen LogP contribution is 2.38. The molecule has 36 heavy (non-hydrogen) atoms. The molecule has 3 aliphatic rings. The van der Waals surface area contributed by atoms with Crippen molar-refractivity contribution in [1.29, 1.82) is 0 Å². The summed E-state index contributed by atoms with van der Waals surface area (Å²) in [6.45, 7) is 6.85. The van der Waals surface area contributed by atoms with Gasteiger partial charge in [-0.15, -0.1) is 0 Å². The van der Waals surface area contributed by atoms with Gasteiger partial charge in [0.05, 0.1) is 30.1 Å². The van der Waals surface area contributed by atoms with Crippen LogP contribution >= 0.6 is 0 Å². The van der Waals surface area contributed by atoms with Gasteiger partial charge in [0, 0.05) is 62.8 Å². The first-order valence-electron chi connectivity index (χ1n) is 12.6. The molecule has 0 spiro atoms. The molecule has 2 aromatic rings. The molecule has 0 radical (unpaired) electrons. The lowest BCUT2D eigenvalue weighted by molar-refractivity contribution is -0.384. The number of nitrogens with zero attached hydrogens (tertiary/aromatic N) is 4. The van der Waals surface area contributed by atoms with E-state index in [2.05, 4.69) is 20.0 Å². The van der Waals surface area contributed by atoms with Crippen LogP contribution in [-0.4, -0.2) is 80.8 Å². The standard InChI is InChI=1S/C26H32FN5O4/c27-20-2-4-21(5-3-20)30-10-11-31-24-7-6-22(32(34)35)16-19(24)17-23(25(31)18-30)26(33)28-8-1-9-29-12-14-36-15-13-29/h2-7,16,23,25H,1,8-15,17-18H2,(H,28,33). The van der Waals surface area contributed by atoms with E-state index >= 15 is 0 Å². The van der Waals surface area contributed by atoms with E-state index in [1.165, 1.54) is 18.2 Å². The number of anilines is 2. The molecular weight excluding hydrogens is 465 g/mol. The molecule has 0 bridgehead atoms. The van der Waals surface area contributed by atoms with Gasteiger partial charge in [-0.05, 0) is 55.3 Å². The van der Waals surface area contributed by atoms with Crippen LogP contribution in [0.25, 0.3) is 0 Å². The van der Waals surface area contributed by atoms with E-state index in [-0.39, 0.29) is 34.3 Å². The minimum atomic E-state index is -0.389. The van der Waals surface area contributed by atoms with Crippen molar-refractivity contribution in [3.05, 3.63) is 64.0 Å². The molecule has 2 aromatic carbocycles. The van der Waals surface area contributed by atoms with Crippen LogP contribution in [-0.2, 0) is 16.0 Å². The first-order chi connectivity index (χ1) is 17.5. The average molecular weight is 498 g/mol. The maximum atomic E-state index is 13.5. The minimum Gasteiger partial charge on any atom is -0.379 e. The lowest BCUT2D eigenvalue weighted by Gasteiger charge is -2.49. The highest BCUT2D eigenvalue weighted by atomic mass is 19.1. The Bertz CT molecular complexity index is 1090. The van der Waals surface area contributed by atoms with Gasteiger partial charge >= 0.3 is 0 Å². The molecule has 1 N–H and O–H groups in total. The van der Waals surface area contributed by atoms with Gasteiger partial charge in [-0.1, -0.05) is 0 Å². The van der Waals surface area contributed by atoms with Crippen LogP contribution in [0.3, 0.4) is 0 Å². The smallest absolute Gasteiger partial charge is 0.269 e. The summed E-state index contributed by atoms with van der Waals surface area (Å²) >= 11 is 0. The van der Waals surface area contributed by atoms with E-state index in [9.17, 15) is 19.3 Å². The van der Waals surface area contributed by atoms with Crippen molar-refractivity contribution >= 4 is 23.0 Å². The molecule has 10 heteroatoms. The van der Waals surface area contributed by atoms with Crippen molar-refractivity contribution in [3.63, 3.8) is 0 Å². The predicted molar refractivity (Wildman–Crippen MR) is 135 cm³/mol. The molecule has 2 atom stereocenters. The fourth-order valence-electron chi connectivity index (χ4n) is 5.58. The zero-order valence-corrected chi connectivity index (χ0v) is 20.3. The maximum Gasteiger partial charge on any atom is 0.269 e. The molecule has 2 saturated heterocycles. The van der Waals surface area contributed by atoms with E-state index < -0.39 is 0 Å². The van der Waals surface area contributed by atoms with Crippen LogP contribution in [0.1, 0.15) is 12.0 Å². The predicted octanol–water partition coefficient (Wildman–Crippen LogP) is 2.44. The number of morpholine rings is 1. The molecule has 3 heterocycles. The zero-order chi connectivity index (χ0) is 25.1. The molecule has 2 unspecified atom stereocenters. The second-order valence-corrected chi connectivity index (χ2v) is 9.66. The number of carbonyl (C=O) groups is 1. The molecule has 0 aliphatic carbocycles. The van der Waals surface area contributed by atoms with E-state index in [4.69, 9.17) is 4.74 Å². The van der Waals surface area contributed by atoms with Crippen LogP contribution in [0.2, 0.25) is 0 Å². The Labute approximate surface area is 210 Å². The van der Waals surface area contributed by atoms with Crippen LogP contribution < -0.4 is 15.1 Å². The molecule has 3 aliphatic heterocycles. The summed E-state index contributed by atoms with van der Waals surface area (Å²) in [5, 5.41) is 14.5. The summed E-state index contributed by atoms with van der Waals surface area (Å²) in [4.78, 5) is 31.2. The summed E-state index contributed by atoms with van der Waals surface area (Å²) in [5.74, 6) is -0.642. The van der Waals surface area contributed by atoms with Gasteiger partial charge in [0.15, 0.2) is 0 Å². The first-order valence-corrected chi connectivity index (χ1v) is 12.6. The molecule has 192 valence electrons. The van der Waals surface area contributed by atoms with Crippen LogP contribution in [0, 0.1) is 21.8 Å². The topological polar surface area (TPSA) is 91.2 Å². The van der Waals surface area contributed by atoms with Gasteiger partial charge < -0.3 is 19.9 Å². The normalized spacial score (nSPS) is 22.0. The summed E-state index contributed by atoms with van der Waals surface area (Å²) in [6, 6.07) is 11.3. The molecular formula is C26H32FN5O4. The Kier molecular flexibility index (Phi) is 7.33. The highest BCUT2D eigenvalue weighted by Gasteiger charge is 2.42. The summed E-state index contributed by atoms with van der Waals surface area (Å²) < 4.78 is 18.9. The lowest BCUT2D eigenvalue weighted by atomic mass is 9.83. The van der Waals surface area contributed by atoms with Gasteiger partial charge in [-0.3, -0.25) is 19.8 Å². The van der Waals surface area contributed by atoms with E-state index in [0.29, 0.717) is 32.6 Å². The van der Waals surface area contributed by atoms with Crippen molar-refractivity contribution in [2.24, 2.45) is 5.92 Å². The second kappa shape index (κ2) is 10.8. The van der Waals surface area contributed by atoms with Gasteiger partial charge in [-0.25, -0.2) is 4.39 Å². The Morgan fingerprint density at radius 3 is 2.64 bits per heavy atom. The Morgan fingerprint density at radius 2 is 1.89 bits per heavy atom. The number of piperazine rings is 1. The van der Waals surface area contributed by atoms with Gasteiger partial charge in [0.2, 0.25) is 5.91 Å². The van der Waals surface area contributed by atoms with Crippen LogP contribution in [0.4, 0.5) is 21.5 Å². The van der Waals surface area contributed by atoms with Crippen LogP contribution in [0.5, 0.6) is 0 Å². The average Bonchev–Trinajstić information content (AvgIpc) is 2.91. The number of amides is 1. The molecule has 2 fully saturated rings. The third-order valence-corrected chi connectivity index (χ3v) is 7.49. The summed E-state index contributed by atoms with van der Waals surface area (Å²) in [7, 11) is 0. The number of nitro groups is 1. The SMILES string of the molecule is O=C(NCCCN1CCOCC1)C1Cc2cc([N+](=O)[O-])ccc2N2CCN(c3ccc(F)cc3)CC12. The van der Waals surface area contributed by atoms with Crippen LogP contribution in [0.15, 0.2) is 42.5 Å². The van der Waals surface area contributed by atoms with E-state index in [1.807, 2.05) is 6.07 Å². The van der Waals surface area contributed by atoms with Gasteiger partial charge in [0.25, 0.3) is 5.69 Å². The van der Waals surface area contributed by atoms with Crippen molar-refractivity contribution in [2.45, 2.75) is 18.9 Å². The molecule has 1 amide bonds. The number of hydrogen-bond acceptors (Lipinski definition) is 7. The van der Waals surface area contributed by atoms with Crippen molar-refractivity contribution in [3.8, 4) is 0 Å². The van der Waals surface area contributed by atoms with Gasteiger partial charge in [0.1, 0.15) is 5.82 Å². The molecule has 9 nitrogen and oxygen atoms in total. The number of nitro benzene ring substituents is 1. The number of rotatable bonds is 7. The maximum absolute atomic E-state index is 13.5. The molecule has 5 rings (SSSR count). The lowest BCUT2D eigenvalue weighted by Crippen LogP contribution is -2.61. The van der Waals surface area contributed by atoms with E-state index in [0.717, 1.165) is 56.2 Å². The number of hydrogen-bond donors (Lipinski definition) is 1. The Morgan fingerprint density at radius 1 is 1.11 bits per heavy atom. The Hall–Kier alpha value is -3.24. The largest absolute Gasteiger partial charge is 0.379 e. The third-order valence-electron chi connectivity index (χ3n) is 7.49. The number of fused-ring (bicyclic) bond motifs is 3. The zero-order valence-electron chi connectivity index (χ0n) is 20.3. The second-order valence-electron chi connectivity index (χ2n) is 9.66. The van der Waals surface area contributed by atoms with Crippen molar-refractivity contribution < 1.29 is 18.8 Å². The number of non-ortho nitro benzene ring substituents is 1. The Balaban J connectivity index is 1.32. The molecule has 0 saturated carbocycles. The summed E-state index contributed by atoms with van der Waals surface area (Å²) in [6.07, 6.45) is 1.31. The number of benzene rings is 2. The fourth-order valence-corrected chi connectivity index (χ4v) is 5.58. The summed E-state index contributed by atoms with van der Waals surface area (Å²) in [5.41, 5.74) is 2.77. The number of halogens is 1.